The van der Waals surface area contributed by atoms with Crippen LogP contribution in [-0.4, -0.2) is 0 Å². The normalized spacial score (nSPS) is 13.5. The SMILES string of the molecule is Cc1ccc2cc(C3(c4ccc5cc(C)ccc5c4)c4ccc5ccccc5c4-c4c3ccc3ccccc43)ccc2c1. The second-order valence-electron chi connectivity index (χ2n) is 12.3. The van der Waals surface area contributed by atoms with Crippen molar-refractivity contribution in [1.82, 2.24) is 0 Å². The minimum atomic E-state index is -0.475. The number of hydrogen-bond acceptors (Lipinski definition) is 0. The van der Waals surface area contributed by atoms with Crippen LogP contribution in [0, 0.1) is 13.8 Å². The lowest BCUT2D eigenvalue weighted by atomic mass is 9.67. The summed E-state index contributed by atoms with van der Waals surface area (Å²) in [5, 5.41) is 10.3. The number of benzene rings is 8. The Morgan fingerprint density at radius 3 is 1.23 bits per heavy atom. The Hall–Kier alpha value is -5.20. The lowest BCUT2D eigenvalue weighted by molar-refractivity contribution is 0.772. The number of hydrogen-bond donors (Lipinski definition) is 0. The van der Waals surface area contributed by atoms with Crippen LogP contribution in [0.5, 0.6) is 0 Å². The van der Waals surface area contributed by atoms with E-state index in [1.54, 1.807) is 0 Å². The molecule has 0 N–H and O–H groups in total. The van der Waals surface area contributed by atoms with Gasteiger partial charge in [-0.05, 0) is 102 Å². The van der Waals surface area contributed by atoms with Crippen molar-refractivity contribution in [2.24, 2.45) is 0 Å². The highest BCUT2D eigenvalue weighted by atomic mass is 14.5. The molecule has 0 saturated heterocycles. The van der Waals surface area contributed by atoms with Gasteiger partial charge in [0.05, 0.1) is 5.41 Å². The van der Waals surface area contributed by atoms with Gasteiger partial charge < -0.3 is 0 Å². The monoisotopic (exact) mass is 546 g/mol. The van der Waals surface area contributed by atoms with Gasteiger partial charge in [-0.1, -0.05) is 145 Å². The van der Waals surface area contributed by atoms with E-state index in [9.17, 15) is 0 Å². The van der Waals surface area contributed by atoms with Gasteiger partial charge in [0.25, 0.3) is 0 Å². The molecule has 0 atom stereocenters. The summed E-state index contributed by atoms with van der Waals surface area (Å²) in [6.45, 7) is 4.34. The van der Waals surface area contributed by atoms with Crippen LogP contribution in [0.3, 0.4) is 0 Å². The molecule has 0 fully saturated rings. The first-order valence-corrected chi connectivity index (χ1v) is 15.2. The van der Waals surface area contributed by atoms with Gasteiger partial charge in [-0.15, -0.1) is 0 Å². The lowest BCUT2D eigenvalue weighted by Crippen LogP contribution is -2.28. The van der Waals surface area contributed by atoms with Crippen LogP contribution < -0.4 is 0 Å². The molecule has 0 amide bonds. The molecule has 0 bridgehead atoms. The molecule has 0 aliphatic heterocycles. The molecule has 9 rings (SSSR count). The van der Waals surface area contributed by atoms with E-state index in [-0.39, 0.29) is 0 Å². The van der Waals surface area contributed by atoms with Crippen LogP contribution in [0.4, 0.5) is 0 Å². The summed E-state index contributed by atoms with van der Waals surface area (Å²) in [5.41, 5.74) is 10.1. The Labute approximate surface area is 251 Å². The van der Waals surface area contributed by atoms with Crippen LogP contribution in [0.25, 0.3) is 54.2 Å². The number of fused-ring (bicyclic) bond motifs is 9. The molecule has 0 spiro atoms. The van der Waals surface area contributed by atoms with E-state index in [1.807, 2.05) is 0 Å². The Morgan fingerprint density at radius 2 is 0.744 bits per heavy atom. The third-order valence-electron chi connectivity index (χ3n) is 9.77. The van der Waals surface area contributed by atoms with Gasteiger partial charge in [0.1, 0.15) is 0 Å². The maximum absolute atomic E-state index is 2.44. The van der Waals surface area contributed by atoms with E-state index >= 15 is 0 Å². The standard InChI is InChI=1S/C43H30/c1-27-11-13-33-25-35(19-15-31(33)23-27)43(36-20-16-32-24-28(2)12-14-34(32)26-36)39-21-17-29-7-3-5-9-37(29)41(39)42-38-10-6-4-8-30(38)18-22-40(42)43/h3-26H,1-2H3. The summed E-state index contributed by atoms with van der Waals surface area (Å²) in [6, 6.07) is 55.1. The molecule has 0 aromatic heterocycles. The van der Waals surface area contributed by atoms with Crippen LogP contribution >= 0.6 is 0 Å². The highest BCUT2D eigenvalue weighted by molar-refractivity contribution is 6.12. The maximum atomic E-state index is 2.44. The van der Waals surface area contributed by atoms with Crippen LogP contribution in [0.2, 0.25) is 0 Å². The second kappa shape index (κ2) is 8.90. The van der Waals surface area contributed by atoms with Gasteiger partial charge in [0.15, 0.2) is 0 Å². The van der Waals surface area contributed by atoms with Gasteiger partial charge in [0.2, 0.25) is 0 Å². The molecule has 1 aliphatic rings. The van der Waals surface area contributed by atoms with E-state index in [1.165, 1.54) is 87.6 Å². The van der Waals surface area contributed by atoms with Crippen molar-refractivity contribution >= 4 is 43.1 Å². The molecule has 1 aliphatic carbocycles. The smallest absolute Gasteiger partial charge is 0.0616 e. The Balaban J connectivity index is 1.50. The van der Waals surface area contributed by atoms with E-state index < -0.39 is 5.41 Å². The van der Waals surface area contributed by atoms with Crippen molar-refractivity contribution < 1.29 is 0 Å². The van der Waals surface area contributed by atoms with E-state index in [4.69, 9.17) is 0 Å². The second-order valence-corrected chi connectivity index (χ2v) is 12.3. The quantitative estimate of drug-likeness (QED) is 0.202. The predicted molar refractivity (Wildman–Crippen MR) is 183 cm³/mol. The molecule has 0 radical (unpaired) electrons. The molecule has 8 aromatic rings. The molecular formula is C43H30. The van der Waals surface area contributed by atoms with E-state index in [2.05, 4.69) is 159 Å². The van der Waals surface area contributed by atoms with E-state index in [0.29, 0.717) is 0 Å². The molecule has 0 saturated carbocycles. The lowest BCUT2D eigenvalue weighted by Gasteiger charge is -2.34. The molecule has 0 unspecified atom stereocenters. The molecule has 202 valence electrons. The largest absolute Gasteiger partial charge is 0.0714 e. The highest BCUT2D eigenvalue weighted by Crippen LogP contribution is 2.59. The fourth-order valence-electron chi connectivity index (χ4n) is 7.84. The fraction of sp³-hybridized carbons (Fsp3) is 0.0698. The van der Waals surface area contributed by atoms with Crippen LogP contribution in [0.15, 0.2) is 146 Å². The average molecular weight is 547 g/mol. The highest BCUT2D eigenvalue weighted by Gasteiger charge is 2.47. The Bertz CT molecular complexity index is 2250. The Morgan fingerprint density at radius 1 is 0.349 bits per heavy atom. The van der Waals surface area contributed by atoms with Gasteiger partial charge in [-0.2, -0.15) is 0 Å². The summed E-state index contributed by atoms with van der Waals surface area (Å²) in [4.78, 5) is 0. The fourth-order valence-corrected chi connectivity index (χ4v) is 7.84. The topological polar surface area (TPSA) is 0 Å². The number of rotatable bonds is 2. The molecule has 0 nitrogen and oxygen atoms in total. The summed E-state index contributed by atoms with van der Waals surface area (Å²) in [7, 11) is 0. The van der Waals surface area contributed by atoms with Crippen LogP contribution in [-0.2, 0) is 5.41 Å². The zero-order valence-corrected chi connectivity index (χ0v) is 24.4. The van der Waals surface area contributed by atoms with Gasteiger partial charge in [-0.25, -0.2) is 0 Å². The van der Waals surface area contributed by atoms with Crippen molar-refractivity contribution in [3.8, 4) is 11.1 Å². The Kier molecular flexibility index (Phi) is 5.05. The molecule has 43 heavy (non-hydrogen) atoms. The van der Waals surface area contributed by atoms with Gasteiger partial charge in [-0.3, -0.25) is 0 Å². The van der Waals surface area contributed by atoms with Crippen molar-refractivity contribution in [2.45, 2.75) is 19.3 Å². The first-order chi connectivity index (χ1) is 21.1. The van der Waals surface area contributed by atoms with Crippen molar-refractivity contribution in [1.29, 1.82) is 0 Å². The van der Waals surface area contributed by atoms with Crippen molar-refractivity contribution in [3.05, 3.63) is 179 Å². The zero-order chi connectivity index (χ0) is 28.7. The first-order valence-electron chi connectivity index (χ1n) is 15.2. The third-order valence-corrected chi connectivity index (χ3v) is 9.77. The van der Waals surface area contributed by atoms with Gasteiger partial charge >= 0.3 is 0 Å². The first kappa shape index (κ1) is 24.4. The minimum Gasteiger partial charge on any atom is -0.0616 e. The molecule has 8 aromatic carbocycles. The third kappa shape index (κ3) is 3.38. The molecule has 0 heteroatoms. The van der Waals surface area contributed by atoms with Crippen molar-refractivity contribution in [2.75, 3.05) is 0 Å². The van der Waals surface area contributed by atoms with Crippen LogP contribution in [0.1, 0.15) is 33.4 Å². The predicted octanol–water partition coefficient (Wildman–Crippen LogP) is 11.3. The maximum Gasteiger partial charge on any atom is 0.0714 e. The summed E-state index contributed by atoms with van der Waals surface area (Å²) in [6.07, 6.45) is 0. The summed E-state index contributed by atoms with van der Waals surface area (Å²) >= 11 is 0. The number of aryl methyl sites for hydroxylation is 2. The zero-order valence-electron chi connectivity index (χ0n) is 24.4. The van der Waals surface area contributed by atoms with E-state index in [0.717, 1.165) is 0 Å². The van der Waals surface area contributed by atoms with Crippen molar-refractivity contribution in [3.63, 3.8) is 0 Å². The minimum absolute atomic E-state index is 0.475. The average Bonchev–Trinajstić information content (AvgIpc) is 3.36. The molecular weight excluding hydrogens is 516 g/mol. The molecule has 0 heterocycles. The van der Waals surface area contributed by atoms with Gasteiger partial charge in [0, 0.05) is 0 Å². The summed E-state index contributed by atoms with van der Waals surface area (Å²) < 4.78 is 0. The summed E-state index contributed by atoms with van der Waals surface area (Å²) in [5.74, 6) is 0.